The lowest BCUT2D eigenvalue weighted by Crippen LogP contribution is -2.58. The topological polar surface area (TPSA) is 78.5 Å². The lowest BCUT2D eigenvalue weighted by atomic mass is 10.0. The van der Waals surface area contributed by atoms with Gasteiger partial charge in [-0.1, -0.05) is 23.7 Å². The number of hydrogen-bond acceptors (Lipinski definition) is 7. The second-order valence-electron chi connectivity index (χ2n) is 11.8. The summed E-state index contributed by atoms with van der Waals surface area (Å²) in [4.78, 5) is 39.7. The molecule has 1 aromatic carbocycles. The normalized spacial score (nSPS) is 23.8. The molecule has 0 saturated carbocycles. The molecular weight excluding hydrogens is 537 g/mol. The number of aromatic nitrogens is 1. The van der Waals surface area contributed by atoms with Gasteiger partial charge in [0, 0.05) is 50.4 Å². The van der Waals surface area contributed by atoms with Gasteiger partial charge in [0.15, 0.2) is 5.75 Å². The van der Waals surface area contributed by atoms with E-state index in [2.05, 4.69) is 30.7 Å². The van der Waals surface area contributed by atoms with Crippen LogP contribution in [0.4, 0.5) is 15.0 Å². The molecule has 0 N–H and O–H groups in total. The van der Waals surface area contributed by atoms with E-state index in [0.717, 1.165) is 6.54 Å². The maximum absolute atomic E-state index is 15.0. The molecule has 1 aromatic heterocycles. The standard InChI is InChI=1S/C29H37ClFN5O4/c1-17-18(2)35(13-11-33(17)6)26-22-25(23(30)24(32-26)20-9-7-8-10-21(20)31)39-16-19-15-34(12-14-36(19)27(22)37)28(38)40-29(3,4)5/h7-10,17-19H,11-16H2,1-6H3/t17-,18-,19+/m0/s1. The number of amides is 2. The molecule has 3 aliphatic heterocycles. The van der Waals surface area contributed by atoms with E-state index < -0.39 is 23.6 Å². The predicted molar refractivity (Wildman–Crippen MR) is 152 cm³/mol. The van der Waals surface area contributed by atoms with Crippen LogP contribution in [0.3, 0.4) is 0 Å². The Balaban J connectivity index is 1.58. The van der Waals surface area contributed by atoms with E-state index in [9.17, 15) is 9.59 Å². The van der Waals surface area contributed by atoms with Crippen LogP contribution >= 0.6 is 11.6 Å². The van der Waals surface area contributed by atoms with E-state index in [1.165, 1.54) is 6.07 Å². The number of ether oxygens (including phenoxy) is 2. The Morgan fingerprint density at radius 1 is 1.10 bits per heavy atom. The molecule has 0 aliphatic carbocycles. The van der Waals surface area contributed by atoms with Gasteiger partial charge in [0.1, 0.15) is 34.4 Å². The first kappa shape index (κ1) is 28.4. The Hall–Kier alpha value is -3.11. The molecule has 0 spiro atoms. The molecule has 216 valence electrons. The highest BCUT2D eigenvalue weighted by molar-refractivity contribution is 6.35. The molecule has 0 bridgehead atoms. The van der Waals surface area contributed by atoms with Gasteiger partial charge in [-0.2, -0.15) is 0 Å². The Kier molecular flexibility index (Phi) is 7.60. The number of benzene rings is 1. The van der Waals surface area contributed by atoms with Crippen molar-refractivity contribution in [3.63, 3.8) is 0 Å². The quantitative estimate of drug-likeness (QED) is 0.522. The summed E-state index contributed by atoms with van der Waals surface area (Å²) in [5.41, 5.74) is 0.117. The van der Waals surface area contributed by atoms with Gasteiger partial charge in [0.05, 0.1) is 11.7 Å². The summed E-state index contributed by atoms with van der Waals surface area (Å²) in [5.74, 6) is -0.0881. The minimum absolute atomic E-state index is 0.0147. The van der Waals surface area contributed by atoms with Crippen molar-refractivity contribution in [1.82, 2.24) is 19.7 Å². The number of hydrogen-bond donors (Lipinski definition) is 0. The van der Waals surface area contributed by atoms with E-state index in [0.29, 0.717) is 25.5 Å². The van der Waals surface area contributed by atoms with Gasteiger partial charge in [-0.3, -0.25) is 9.69 Å². The Morgan fingerprint density at radius 2 is 1.80 bits per heavy atom. The molecule has 40 heavy (non-hydrogen) atoms. The smallest absolute Gasteiger partial charge is 0.410 e. The average Bonchev–Trinajstić information content (AvgIpc) is 3.04. The summed E-state index contributed by atoms with van der Waals surface area (Å²) in [6, 6.07) is 6.10. The average molecular weight is 574 g/mol. The highest BCUT2D eigenvalue weighted by atomic mass is 35.5. The zero-order valence-electron chi connectivity index (χ0n) is 23.9. The molecule has 2 fully saturated rings. The van der Waals surface area contributed by atoms with E-state index >= 15 is 4.39 Å². The van der Waals surface area contributed by atoms with E-state index in [1.54, 1.807) is 28.0 Å². The predicted octanol–water partition coefficient (Wildman–Crippen LogP) is 4.52. The van der Waals surface area contributed by atoms with Crippen molar-refractivity contribution >= 4 is 29.4 Å². The number of fused-ring (bicyclic) bond motifs is 2. The van der Waals surface area contributed by atoms with Gasteiger partial charge in [-0.25, -0.2) is 14.2 Å². The van der Waals surface area contributed by atoms with Gasteiger partial charge in [0.25, 0.3) is 5.91 Å². The minimum Gasteiger partial charge on any atom is -0.489 e. The third-order valence-electron chi connectivity index (χ3n) is 8.08. The van der Waals surface area contributed by atoms with Crippen molar-refractivity contribution in [3.8, 4) is 17.0 Å². The first-order chi connectivity index (χ1) is 18.9. The molecule has 2 saturated heterocycles. The van der Waals surface area contributed by atoms with Gasteiger partial charge < -0.3 is 24.2 Å². The molecule has 11 heteroatoms. The van der Waals surface area contributed by atoms with Crippen LogP contribution in [0.25, 0.3) is 11.3 Å². The molecule has 3 aliphatic rings. The van der Waals surface area contributed by atoms with Gasteiger partial charge in [-0.15, -0.1) is 0 Å². The molecule has 2 aromatic rings. The number of anilines is 1. The lowest BCUT2D eigenvalue weighted by Gasteiger charge is -2.45. The van der Waals surface area contributed by atoms with Crippen molar-refractivity contribution < 1.29 is 23.5 Å². The third kappa shape index (κ3) is 5.19. The summed E-state index contributed by atoms with van der Waals surface area (Å²) >= 11 is 6.88. The maximum atomic E-state index is 15.0. The van der Waals surface area contributed by atoms with Crippen LogP contribution in [0.15, 0.2) is 24.3 Å². The third-order valence-corrected chi connectivity index (χ3v) is 8.44. The molecule has 0 radical (unpaired) electrons. The van der Waals surface area contributed by atoms with Crippen LogP contribution in [0, 0.1) is 5.82 Å². The highest BCUT2D eigenvalue weighted by Crippen LogP contribution is 2.44. The van der Waals surface area contributed by atoms with Crippen LogP contribution in [0.1, 0.15) is 45.0 Å². The summed E-state index contributed by atoms with van der Waals surface area (Å²) in [7, 11) is 2.07. The second kappa shape index (κ2) is 10.7. The fourth-order valence-corrected chi connectivity index (χ4v) is 5.87. The van der Waals surface area contributed by atoms with Crippen molar-refractivity contribution in [3.05, 3.63) is 40.7 Å². The van der Waals surface area contributed by atoms with Crippen LogP contribution in [-0.4, -0.2) is 102 Å². The molecule has 0 unspecified atom stereocenters. The number of carbonyl (C=O) groups is 2. The van der Waals surface area contributed by atoms with E-state index in [4.69, 9.17) is 26.1 Å². The summed E-state index contributed by atoms with van der Waals surface area (Å²) in [6.07, 6.45) is -0.427. The zero-order valence-corrected chi connectivity index (χ0v) is 24.7. The molecule has 3 atom stereocenters. The minimum atomic E-state index is -0.631. The largest absolute Gasteiger partial charge is 0.489 e. The lowest BCUT2D eigenvalue weighted by molar-refractivity contribution is 0.000951. The number of piperazine rings is 2. The number of nitrogens with zero attached hydrogens (tertiary/aromatic N) is 5. The van der Waals surface area contributed by atoms with Crippen molar-refractivity contribution in [2.75, 3.05) is 51.3 Å². The molecule has 2 amide bonds. The zero-order chi connectivity index (χ0) is 28.9. The maximum Gasteiger partial charge on any atom is 0.410 e. The molecule has 4 heterocycles. The summed E-state index contributed by atoms with van der Waals surface area (Å²) in [6.45, 7) is 12.1. The van der Waals surface area contributed by atoms with Gasteiger partial charge in [-0.05, 0) is 53.8 Å². The monoisotopic (exact) mass is 573 g/mol. The number of halogens is 2. The van der Waals surface area contributed by atoms with Crippen LogP contribution in [0.5, 0.6) is 5.75 Å². The number of pyridine rings is 1. The number of rotatable bonds is 2. The Morgan fingerprint density at radius 3 is 2.50 bits per heavy atom. The van der Waals surface area contributed by atoms with Crippen LogP contribution < -0.4 is 9.64 Å². The van der Waals surface area contributed by atoms with Gasteiger partial charge in [0.2, 0.25) is 0 Å². The number of carbonyl (C=O) groups excluding carboxylic acids is 2. The second-order valence-corrected chi connectivity index (χ2v) is 12.2. The van der Waals surface area contributed by atoms with Gasteiger partial charge >= 0.3 is 6.09 Å². The molecule has 9 nitrogen and oxygen atoms in total. The summed E-state index contributed by atoms with van der Waals surface area (Å²) in [5, 5.41) is 0.0934. The molecular formula is C29H37ClFN5O4. The molecule has 5 rings (SSSR count). The fourth-order valence-electron chi connectivity index (χ4n) is 5.58. The van der Waals surface area contributed by atoms with Crippen molar-refractivity contribution in [2.45, 2.75) is 58.3 Å². The first-order valence-electron chi connectivity index (χ1n) is 13.7. The Bertz CT molecular complexity index is 1320. The first-order valence-corrected chi connectivity index (χ1v) is 14.1. The number of likely N-dealkylation sites (N-methyl/N-ethyl adjacent to an activating group) is 1. The summed E-state index contributed by atoms with van der Waals surface area (Å²) < 4.78 is 26.9. The van der Waals surface area contributed by atoms with Crippen molar-refractivity contribution in [1.29, 1.82) is 0 Å². The van der Waals surface area contributed by atoms with E-state index in [1.807, 2.05) is 20.8 Å². The van der Waals surface area contributed by atoms with Crippen LogP contribution in [-0.2, 0) is 4.74 Å². The fraction of sp³-hybridized carbons (Fsp3) is 0.552. The van der Waals surface area contributed by atoms with Crippen LogP contribution in [0.2, 0.25) is 5.02 Å². The van der Waals surface area contributed by atoms with Crippen molar-refractivity contribution in [2.24, 2.45) is 0 Å². The Labute approximate surface area is 239 Å². The highest BCUT2D eigenvalue weighted by Gasteiger charge is 2.43. The van der Waals surface area contributed by atoms with E-state index in [-0.39, 0.29) is 58.7 Å². The SMILES string of the molecule is C[C@H]1[C@H](C)N(c2nc(-c3ccccc3F)c(Cl)c3c2C(=O)N2CCN(C(=O)OC(C)(C)C)C[C@@H]2CO3)CCN1C.